The lowest BCUT2D eigenvalue weighted by molar-refractivity contribution is -0.139. The van der Waals surface area contributed by atoms with Crippen molar-refractivity contribution in [2.45, 2.75) is 63.8 Å². The van der Waals surface area contributed by atoms with Gasteiger partial charge in [0, 0.05) is 10.9 Å². The van der Waals surface area contributed by atoms with E-state index < -0.39 is 11.9 Å². The average Bonchev–Trinajstić information content (AvgIpc) is 3.06. The molecule has 0 saturated heterocycles. The van der Waals surface area contributed by atoms with E-state index in [2.05, 4.69) is 17.2 Å². The van der Waals surface area contributed by atoms with Gasteiger partial charge >= 0.3 is 5.97 Å². The van der Waals surface area contributed by atoms with Crippen molar-refractivity contribution in [2.24, 2.45) is 5.92 Å². The van der Waals surface area contributed by atoms with Gasteiger partial charge < -0.3 is 10.4 Å². The highest BCUT2D eigenvalue weighted by Crippen LogP contribution is 2.38. The van der Waals surface area contributed by atoms with Crippen molar-refractivity contribution >= 4 is 22.4 Å². The fourth-order valence-corrected chi connectivity index (χ4v) is 4.65. The van der Waals surface area contributed by atoms with Gasteiger partial charge in [-0.25, -0.2) is 4.98 Å². The summed E-state index contributed by atoms with van der Waals surface area (Å²) in [6.45, 7) is 2.23. The molecule has 0 bridgehead atoms. The van der Waals surface area contributed by atoms with E-state index in [0.717, 1.165) is 36.0 Å². The molecule has 2 atom stereocenters. The molecule has 0 spiro atoms. The fourth-order valence-electron chi connectivity index (χ4n) is 3.49. The SMILES string of the molecule is CC(Nc1nc2c(s1)CCCC2C(=O)O)C1CCCC1. The molecule has 1 fully saturated rings. The Morgan fingerprint density at radius 3 is 2.80 bits per heavy atom. The molecular weight excluding hydrogens is 272 g/mol. The summed E-state index contributed by atoms with van der Waals surface area (Å²) in [4.78, 5) is 17.1. The summed E-state index contributed by atoms with van der Waals surface area (Å²) in [5, 5.41) is 13.7. The van der Waals surface area contributed by atoms with Gasteiger partial charge in [0.15, 0.2) is 5.13 Å². The fraction of sp³-hybridized carbons (Fsp3) is 0.733. The Kier molecular flexibility index (Phi) is 3.96. The molecule has 2 aliphatic rings. The Labute approximate surface area is 123 Å². The van der Waals surface area contributed by atoms with E-state index in [0.29, 0.717) is 6.04 Å². The van der Waals surface area contributed by atoms with Gasteiger partial charge in [-0.2, -0.15) is 0 Å². The molecule has 4 nitrogen and oxygen atoms in total. The van der Waals surface area contributed by atoms with Crippen molar-refractivity contribution in [1.82, 2.24) is 4.98 Å². The lowest BCUT2D eigenvalue weighted by Crippen LogP contribution is -2.23. The van der Waals surface area contributed by atoms with Gasteiger partial charge in [-0.15, -0.1) is 11.3 Å². The van der Waals surface area contributed by atoms with E-state index in [9.17, 15) is 9.90 Å². The first-order valence-electron chi connectivity index (χ1n) is 7.64. The molecule has 1 heterocycles. The predicted molar refractivity (Wildman–Crippen MR) is 80.5 cm³/mol. The van der Waals surface area contributed by atoms with Crippen LogP contribution < -0.4 is 5.32 Å². The van der Waals surface area contributed by atoms with E-state index in [4.69, 9.17) is 0 Å². The third kappa shape index (κ3) is 2.68. The zero-order valence-electron chi connectivity index (χ0n) is 11.9. The normalized spacial score (nSPS) is 24.4. The molecule has 0 radical (unpaired) electrons. The number of carboxylic acids is 1. The van der Waals surface area contributed by atoms with Crippen LogP contribution in [0.4, 0.5) is 5.13 Å². The summed E-state index contributed by atoms with van der Waals surface area (Å²) in [7, 11) is 0. The van der Waals surface area contributed by atoms with Crippen LogP contribution in [-0.2, 0) is 11.2 Å². The van der Waals surface area contributed by atoms with Crippen molar-refractivity contribution in [3.05, 3.63) is 10.6 Å². The van der Waals surface area contributed by atoms with E-state index in [1.165, 1.54) is 30.6 Å². The molecule has 2 unspecified atom stereocenters. The summed E-state index contributed by atoms with van der Waals surface area (Å²) >= 11 is 1.66. The maximum absolute atomic E-state index is 11.3. The highest BCUT2D eigenvalue weighted by Gasteiger charge is 2.30. The van der Waals surface area contributed by atoms with E-state index in [-0.39, 0.29) is 0 Å². The second-order valence-corrected chi connectivity index (χ2v) is 7.17. The molecule has 2 N–H and O–H groups in total. The molecule has 0 aromatic carbocycles. The van der Waals surface area contributed by atoms with Crippen molar-refractivity contribution in [3.8, 4) is 0 Å². The van der Waals surface area contributed by atoms with Crippen molar-refractivity contribution in [1.29, 1.82) is 0 Å². The van der Waals surface area contributed by atoms with Crippen LogP contribution in [-0.4, -0.2) is 22.1 Å². The molecule has 0 amide bonds. The number of hydrogen-bond donors (Lipinski definition) is 2. The lowest BCUT2D eigenvalue weighted by atomic mass is 9.91. The molecule has 5 heteroatoms. The number of thiazole rings is 1. The van der Waals surface area contributed by atoms with E-state index >= 15 is 0 Å². The van der Waals surface area contributed by atoms with Crippen LogP contribution in [0.5, 0.6) is 0 Å². The second-order valence-electron chi connectivity index (χ2n) is 6.09. The number of nitrogens with one attached hydrogen (secondary N) is 1. The molecule has 0 aliphatic heterocycles. The zero-order valence-corrected chi connectivity index (χ0v) is 12.7. The zero-order chi connectivity index (χ0) is 14.1. The number of hydrogen-bond acceptors (Lipinski definition) is 4. The molecular formula is C15H22N2O2S. The third-order valence-electron chi connectivity index (χ3n) is 4.71. The van der Waals surface area contributed by atoms with Gasteiger partial charge in [-0.1, -0.05) is 12.8 Å². The quantitative estimate of drug-likeness (QED) is 0.890. The minimum atomic E-state index is -0.730. The van der Waals surface area contributed by atoms with Crippen LogP contribution in [0.2, 0.25) is 0 Å². The maximum atomic E-state index is 11.3. The van der Waals surface area contributed by atoms with Gasteiger partial charge in [0.05, 0.1) is 5.69 Å². The van der Waals surface area contributed by atoms with Crippen LogP contribution in [0.15, 0.2) is 0 Å². The van der Waals surface area contributed by atoms with Crippen LogP contribution in [0.3, 0.4) is 0 Å². The molecule has 2 aliphatic carbocycles. The standard InChI is InChI=1S/C15H22N2O2S/c1-9(10-5-2-3-6-10)16-15-17-13-11(14(18)19)7-4-8-12(13)20-15/h9-11H,2-8H2,1H3,(H,16,17)(H,18,19). The van der Waals surface area contributed by atoms with Gasteiger partial charge in [0.1, 0.15) is 5.92 Å². The van der Waals surface area contributed by atoms with Gasteiger partial charge in [0.25, 0.3) is 0 Å². The molecule has 1 aromatic heterocycles. The van der Waals surface area contributed by atoms with Crippen LogP contribution in [0, 0.1) is 5.92 Å². The average molecular weight is 294 g/mol. The smallest absolute Gasteiger partial charge is 0.312 e. The molecule has 3 rings (SSSR count). The first kappa shape index (κ1) is 13.9. The summed E-state index contributed by atoms with van der Waals surface area (Å²) in [5.41, 5.74) is 0.815. The van der Waals surface area contributed by atoms with Crippen LogP contribution in [0.1, 0.15) is 61.9 Å². The van der Waals surface area contributed by atoms with Crippen LogP contribution >= 0.6 is 11.3 Å². The Balaban J connectivity index is 1.73. The number of aromatic nitrogens is 1. The minimum Gasteiger partial charge on any atom is -0.481 e. The topological polar surface area (TPSA) is 62.2 Å². The molecule has 1 saturated carbocycles. The van der Waals surface area contributed by atoms with E-state index in [1.54, 1.807) is 11.3 Å². The molecule has 1 aromatic rings. The lowest BCUT2D eigenvalue weighted by Gasteiger charge is -2.19. The van der Waals surface area contributed by atoms with Crippen molar-refractivity contribution < 1.29 is 9.90 Å². The highest BCUT2D eigenvalue weighted by atomic mass is 32.1. The monoisotopic (exact) mass is 294 g/mol. The van der Waals surface area contributed by atoms with Crippen LogP contribution in [0.25, 0.3) is 0 Å². The Bertz CT molecular complexity index is 494. The first-order chi connectivity index (χ1) is 9.65. The Hall–Kier alpha value is -1.10. The van der Waals surface area contributed by atoms with Gasteiger partial charge in [-0.05, 0) is 44.9 Å². The number of carbonyl (C=O) groups is 1. The minimum absolute atomic E-state index is 0.396. The number of aliphatic carboxylic acids is 1. The molecule has 20 heavy (non-hydrogen) atoms. The number of aryl methyl sites for hydroxylation is 1. The number of carboxylic acid groups (broad SMARTS) is 1. The predicted octanol–water partition coefficient (Wildman–Crippen LogP) is 3.64. The number of nitrogens with zero attached hydrogens (tertiary/aromatic N) is 1. The Morgan fingerprint density at radius 2 is 2.10 bits per heavy atom. The Morgan fingerprint density at radius 1 is 1.35 bits per heavy atom. The molecule has 110 valence electrons. The maximum Gasteiger partial charge on any atom is 0.312 e. The number of fused-ring (bicyclic) bond motifs is 1. The third-order valence-corrected chi connectivity index (χ3v) is 5.77. The highest BCUT2D eigenvalue weighted by molar-refractivity contribution is 7.15. The van der Waals surface area contributed by atoms with Gasteiger partial charge in [0.2, 0.25) is 0 Å². The van der Waals surface area contributed by atoms with Gasteiger partial charge in [-0.3, -0.25) is 4.79 Å². The van der Waals surface area contributed by atoms with Crippen molar-refractivity contribution in [3.63, 3.8) is 0 Å². The largest absolute Gasteiger partial charge is 0.481 e. The second kappa shape index (κ2) is 5.72. The number of anilines is 1. The van der Waals surface area contributed by atoms with E-state index in [1.807, 2.05) is 0 Å². The summed E-state index contributed by atoms with van der Waals surface area (Å²) in [5.74, 6) is -0.384. The number of rotatable bonds is 4. The first-order valence-corrected chi connectivity index (χ1v) is 8.45. The summed E-state index contributed by atoms with van der Waals surface area (Å²) in [6, 6.07) is 0.438. The van der Waals surface area contributed by atoms with Crippen molar-refractivity contribution in [2.75, 3.05) is 5.32 Å². The summed E-state index contributed by atoms with van der Waals surface area (Å²) < 4.78 is 0. The summed E-state index contributed by atoms with van der Waals surface area (Å²) in [6.07, 6.45) is 7.95.